The minimum absolute atomic E-state index is 0.290. The molecule has 0 bridgehead atoms. The van der Waals surface area contributed by atoms with Crippen LogP contribution < -0.4 is 5.32 Å². The zero-order valence-corrected chi connectivity index (χ0v) is 9.42. The molecule has 0 saturated carbocycles. The van der Waals surface area contributed by atoms with Gasteiger partial charge in [0.05, 0.1) is 12.6 Å². The third-order valence-electron chi connectivity index (χ3n) is 2.33. The Morgan fingerprint density at radius 3 is 2.21 bits per heavy atom. The average Bonchev–Trinajstić information content (AvgIpc) is 2.12. The number of benzene rings is 1. The molecule has 14 heavy (non-hydrogen) atoms. The monoisotopic (exact) mass is 193 g/mol. The second kappa shape index (κ2) is 5.13. The predicted molar refractivity (Wildman–Crippen MR) is 59.6 cm³/mol. The molecule has 0 aliphatic heterocycles. The molecule has 0 aliphatic carbocycles. The topological polar surface area (TPSA) is 21.3 Å². The van der Waals surface area contributed by atoms with Crippen LogP contribution in [0.1, 0.15) is 22.7 Å². The molecule has 78 valence electrons. The number of hydrogen-bond donors (Lipinski definition) is 1. The van der Waals surface area contributed by atoms with Gasteiger partial charge in [-0.05, 0) is 26.5 Å². The van der Waals surface area contributed by atoms with Crippen molar-refractivity contribution in [2.75, 3.05) is 20.8 Å². The molecule has 1 aromatic rings. The van der Waals surface area contributed by atoms with E-state index < -0.39 is 0 Å². The number of methoxy groups -OCH3 is 1. The Bertz CT molecular complexity index is 276. The fourth-order valence-electron chi connectivity index (χ4n) is 1.72. The van der Waals surface area contributed by atoms with E-state index in [9.17, 15) is 0 Å². The first kappa shape index (κ1) is 11.2. The highest BCUT2D eigenvalue weighted by Gasteiger charge is 2.08. The lowest BCUT2D eigenvalue weighted by Crippen LogP contribution is -2.21. The lowest BCUT2D eigenvalue weighted by atomic mass is 10.0. The van der Waals surface area contributed by atoms with Gasteiger partial charge in [0.2, 0.25) is 0 Å². The van der Waals surface area contributed by atoms with Crippen molar-refractivity contribution in [1.82, 2.24) is 5.32 Å². The second-order valence-corrected chi connectivity index (χ2v) is 3.72. The van der Waals surface area contributed by atoms with Crippen LogP contribution in [-0.4, -0.2) is 20.8 Å². The van der Waals surface area contributed by atoms with Gasteiger partial charge in [0.1, 0.15) is 0 Å². The van der Waals surface area contributed by atoms with Crippen LogP contribution in [0.5, 0.6) is 0 Å². The Morgan fingerprint density at radius 1 is 1.21 bits per heavy atom. The Labute approximate surface area is 86.3 Å². The Morgan fingerprint density at radius 2 is 1.79 bits per heavy atom. The van der Waals surface area contributed by atoms with Gasteiger partial charge in [-0.25, -0.2) is 0 Å². The normalized spacial score (nSPS) is 12.9. The van der Waals surface area contributed by atoms with Crippen LogP contribution in [0.15, 0.2) is 18.2 Å². The van der Waals surface area contributed by atoms with Gasteiger partial charge in [0, 0.05) is 7.11 Å². The Kier molecular flexibility index (Phi) is 4.11. The fraction of sp³-hybridized carbons (Fsp3) is 0.500. The van der Waals surface area contributed by atoms with Gasteiger partial charge >= 0.3 is 0 Å². The van der Waals surface area contributed by atoms with E-state index >= 15 is 0 Å². The Hall–Kier alpha value is -0.860. The molecule has 0 spiro atoms. The lowest BCUT2D eigenvalue weighted by molar-refractivity contribution is 0.170. The van der Waals surface area contributed by atoms with Gasteiger partial charge < -0.3 is 10.1 Å². The largest absolute Gasteiger partial charge is 0.383 e. The van der Waals surface area contributed by atoms with Crippen molar-refractivity contribution < 1.29 is 4.74 Å². The zero-order valence-electron chi connectivity index (χ0n) is 9.42. The summed E-state index contributed by atoms with van der Waals surface area (Å²) < 4.78 is 5.17. The number of likely N-dealkylation sites (N-methyl/N-ethyl adjacent to an activating group) is 1. The van der Waals surface area contributed by atoms with E-state index in [1.165, 1.54) is 16.7 Å². The summed E-state index contributed by atoms with van der Waals surface area (Å²) in [6, 6.07) is 6.88. The van der Waals surface area contributed by atoms with E-state index in [-0.39, 0.29) is 0 Å². The van der Waals surface area contributed by atoms with Crippen LogP contribution >= 0.6 is 0 Å². The summed E-state index contributed by atoms with van der Waals surface area (Å²) >= 11 is 0. The molecule has 0 fully saturated rings. The van der Waals surface area contributed by atoms with Crippen molar-refractivity contribution in [3.8, 4) is 0 Å². The van der Waals surface area contributed by atoms with Crippen LogP contribution in [0.3, 0.4) is 0 Å². The summed E-state index contributed by atoms with van der Waals surface area (Å²) in [5, 5.41) is 3.25. The SMILES string of the molecule is CNC(COC)c1cc(C)cc(C)c1. The van der Waals surface area contributed by atoms with Crippen LogP contribution in [0.2, 0.25) is 0 Å². The van der Waals surface area contributed by atoms with Gasteiger partial charge in [0.15, 0.2) is 0 Å². The molecule has 1 aromatic carbocycles. The van der Waals surface area contributed by atoms with Crippen molar-refractivity contribution in [2.45, 2.75) is 19.9 Å². The molecular weight excluding hydrogens is 174 g/mol. The van der Waals surface area contributed by atoms with Crippen molar-refractivity contribution >= 4 is 0 Å². The van der Waals surface area contributed by atoms with Crippen molar-refractivity contribution in [3.63, 3.8) is 0 Å². The Balaban J connectivity index is 2.91. The van der Waals surface area contributed by atoms with E-state index in [0.29, 0.717) is 12.6 Å². The summed E-state index contributed by atoms with van der Waals surface area (Å²) in [4.78, 5) is 0. The first-order valence-electron chi connectivity index (χ1n) is 4.91. The summed E-state index contributed by atoms with van der Waals surface area (Å²) in [6.07, 6.45) is 0. The molecule has 0 heterocycles. The average molecular weight is 193 g/mol. The summed E-state index contributed by atoms with van der Waals surface area (Å²) in [5.74, 6) is 0. The molecule has 0 aromatic heterocycles. The molecule has 2 heteroatoms. The minimum Gasteiger partial charge on any atom is -0.383 e. The highest BCUT2D eigenvalue weighted by atomic mass is 16.5. The van der Waals surface area contributed by atoms with Gasteiger partial charge in [-0.2, -0.15) is 0 Å². The maximum atomic E-state index is 5.17. The number of nitrogens with one attached hydrogen (secondary N) is 1. The van der Waals surface area contributed by atoms with Crippen molar-refractivity contribution in [2.24, 2.45) is 0 Å². The van der Waals surface area contributed by atoms with Gasteiger partial charge in [-0.15, -0.1) is 0 Å². The molecule has 1 N–H and O–H groups in total. The van der Waals surface area contributed by atoms with Crippen molar-refractivity contribution in [1.29, 1.82) is 0 Å². The fourth-order valence-corrected chi connectivity index (χ4v) is 1.72. The number of ether oxygens (including phenoxy) is 1. The van der Waals surface area contributed by atoms with E-state index in [1.807, 2.05) is 7.05 Å². The molecule has 1 atom stereocenters. The molecule has 0 amide bonds. The van der Waals surface area contributed by atoms with E-state index in [2.05, 4.69) is 37.4 Å². The maximum absolute atomic E-state index is 5.17. The van der Waals surface area contributed by atoms with E-state index in [0.717, 1.165) is 0 Å². The number of rotatable bonds is 4. The molecule has 0 aliphatic rings. The maximum Gasteiger partial charge on any atom is 0.0657 e. The number of aryl methyl sites for hydroxylation is 2. The first-order chi connectivity index (χ1) is 6.67. The van der Waals surface area contributed by atoms with E-state index in [1.54, 1.807) is 7.11 Å². The molecule has 1 rings (SSSR count). The van der Waals surface area contributed by atoms with Crippen LogP contribution in [-0.2, 0) is 4.74 Å². The highest BCUT2D eigenvalue weighted by molar-refractivity contribution is 5.30. The van der Waals surface area contributed by atoms with Gasteiger partial charge in [-0.3, -0.25) is 0 Å². The van der Waals surface area contributed by atoms with E-state index in [4.69, 9.17) is 4.74 Å². The van der Waals surface area contributed by atoms with Gasteiger partial charge in [-0.1, -0.05) is 29.3 Å². The minimum atomic E-state index is 0.290. The number of hydrogen-bond acceptors (Lipinski definition) is 2. The van der Waals surface area contributed by atoms with Crippen LogP contribution in [0, 0.1) is 13.8 Å². The second-order valence-electron chi connectivity index (χ2n) is 3.72. The zero-order chi connectivity index (χ0) is 10.6. The summed E-state index contributed by atoms with van der Waals surface area (Å²) in [7, 11) is 3.69. The quantitative estimate of drug-likeness (QED) is 0.791. The molecule has 2 nitrogen and oxygen atoms in total. The highest BCUT2D eigenvalue weighted by Crippen LogP contribution is 2.16. The third kappa shape index (κ3) is 2.82. The summed E-state index contributed by atoms with van der Waals surface area (Å²) in [5.41, 5.74) is 3.90. The predicted octanol–water partition coefficient (Wildman–Crippen LogP) is 2.21. The molecule has 0 radical (unpaired) electrons. The van der Waals surface area contributed by atoms with Gasteiger partial charge in [0.25, 0.3) is 0 Å². The first-order valence-corrected chi connectivity index (χ1v) is 4.91. The van der Waals surface area contributed by atoms with Crippen LogP contribution in [0.25, 0.3) is 0 Å². The molecule has 0 saturated heterocycles. The third-order valence-corrected chi connectivity index (χ3v) is 2.33. The standard InChI is InChI=1S/C12H19NO/c1-9-5-10(2)7-11(6-9)12(13-3)8-14-4/h5-7,12-13H,8H2,1-4H3. The molecule has 1 unspecified atom stereocenters. The smallest absolute Gasteiger partial charge is 0.0657 e. The van der Waals surface area contributed by atoms with Crippen LogP contribution in [0.4, 0.5) is 0 Å². The van der Waals surface area contributed by atoms with Crippen molar-refractivity contribution in [3.05, 3.63) is 34.9 Å². The lowest BCUT2D eigenvalue weighted by Gasteiger charge is -2.16. The summed E-state index contributed by atoms with van der Waals surface area (Å²) in [6.45, 7) is 4.95. The molecular formula is C12H19NO.